The van der Waals surface area contributed by atoms with Crippen LogP contribution in [-0.4, -0.2) is 17.0 Å². The first-order valence-corrected chi connectivity index (χ1v) is 6.40. The van der Waals surface area contributed by atoms with Gasteiger partial charge in [-0.2, -0.15) is 0 Å². The molecule has 1 aliphatic rings. The van der Waals surface area contributed by atoms with Crippen molar-refractivity contribution >= 4 is 0 Å². The molecule has 1 aromatic rings. The maximum atomic E-state index is 3.97. The topological polar surface area (TPSA) is 3.24 Å². The average molecular weight is 227 g/mol. The van der Waals surface area contributed by atoms with Crippen LogP contribution in [0, 0.1) is 0 Å². The van der Waals surface area contributed by atoms with Crippen LogP contribution >= 0.6 is 0 Å². The molecule has 0 amide bonds. The van der Waals surface area contributed by atoms with E-state index in [1.165, 1.54) is 24.8 Å². The first kappa shape index (κ1) is 12.1. The molecule has 0 aromatic heterocycles. The fourth-order valence-electron chi connectivity index (χ4n) is 2.65. The molecule has 1 aromatic carbocycles. The lowest BCUT2D eigenvalue weighted by atomic mass is 9.94. The quantitative estimate of drug-likeness (QED) is 0.707. The first-order chi connectivity index (χ1) is 8.35. The third-order valence-electron chi connectivity index (χ3n) is 3.60. The van der Waals surface area contributed by atoms with Crippen molar-refractivity contribution in [2.24, 2.45) is 0 Å². The lowest BCUT2D eigenvalue weighted by Gasteiger charge is -2.39. The van der Waals surface area contributed by atoms with Crippen LogP contribution in [0.4, 0.5) is 0 Å². The number of hydrogen-bond donors (Lipinski definition) is 0. The van der Waals surface area contributed by atoms with E-state index in [1.54, 1.807) is 0 Å². The summed E-state index contributed by atoms with van der Waals surface area (Å²) < 4.78 is 0. The molecule has 0 N–H and O–H groups in total. The SMILES string of the molecule is C=CC1CCCC(C=C)N1Cc1ccccc1. The Bertz CT molecular complexity index is 352. The van der Waals surface area contributed by atoms with Gasteiger partial charge in [0.15, 0.2) is 0 Å². The van der Waals surface area contributed by atoms with Crippen LogP contribution in [0.15, 0.2) is 55.6 Å². The van der Waals surface area contributed by atoms with E-state index in [2.05, 4.69) is 60.5 Å². The van der Waals surface area contributed by atoms with Gasteiger partial charge in [-0.15, -0.1) is 13.2 Å². The molecule has 1 heterocycles. The predicted octanol–water partition coefficient (Wildman–Crippen LogP) is 3.78. The van der Waals surface area contributed by atoms with Crippen molar-refractivity contribution in [3.05, 3.63) is 61.2 Å². The summed E-state index contributed by atoms with van der Waals surface area (Å²) in [6.45, 7) is 8.93. The van der Waals surface area contributed by atoms with E-state index in [0.29, 0.717) is 12.1 Å². The molecule has 1 nitrogen and oxygen atoms in total. The third-order valence-corrected chi connectivity index (χ3v) is 3.60. The van der Waals surface area contributed by atoms with E-state index in [-0.39, 0.29) is 0 Å². The average Bonchev–Trinajstić information content (AvgIpc) is 2.40. The Kier molecular flexibility index (Phi) is 4.16. The lowest BCUT2D eigenvalue weighted by Crippen LogP contribution is -2.44. The molecule has 90 valence electrons. The molecule has 1 fully saturated rings. The minimum absolute atomic E-state index is 0.493. The number of nitrogens with zero attached hydrogens (tertiary/aromatic N) is 1. The molecule has 2 atom stereocenters. The second-order valence-electron chi connectivity index (χ2n) is 4.69. The Morgan fingerprint density at radius 2 is 1.65 bits per heavy atom. The summed E-state index contributed by atoms with van der Waals surface area (Å²) in [5.74, 6) is 0. The molecule has 17 heavy (non-hydrogen) atoms. The number of piperidine rings is 1. The van der Waals surface area contributed by atoms with Crippen LogP contribution < -0.4 is 0 Å². The summed E-state index contributed by atoms with van der Waals surface area (Å²) in [6, 6.07) is 11.6. The molecule has 1 saturated heterocycles. The molecule has 0 bridgehead atoms. The summed E-state index contributed by atoms with van der Waals surface area (Å²) in [4.78, 5) is 2.51. The highest BCUT2D eigenvalue weighted by molar-refractivity contribution is 5.16. The molecule has 0 saturated carbocycles. The van der Waals surface area contributed by atoms with Gasteiger partial charge in [0.1, 0.15) is 0 Å². The molecule has 1 heteroatoms. The van der Waals surface area contributed by atoms with Crippen molar-refractivity contribution in [1.29, 1.82) is 0 Å². The minimum atomic E-state index is 0.493. The summed E-state index contributed by atoms with van der Waals surface area (Å²) in [6.07, 6.45) is 7.89. The van der Waals surface area contributed by atoms with E-state index in [4.69, 9.17) is 0 Å². The van der Waals surface area contributed by atoms with Gasteiger partial charge in [0.25, 0.3) is 0 Å². The highest BCUT2D eigenvalue weighted by Crippen LogP contribution is 2.26. The summed E-state index contributed by atoms with van der Waals surface area (Å²) in [5.41, 5.74) is 1.37. The van der Waals surface area contributed by atoms with E-state index in [1.807, 2.05) is 0 Å². The van der Waals surface area contributed by atoms with Crippen LogP contribution in [0.25, 0.3) is 0 Å². The molecule has 0 spiro atoms. The zero-order chi connectivity index (χ0) is 12.1. The molecule has 0 radical (unpaired) electrons. The van der Waals surface area contributed by atoms with Crippen LogP contribution in [0.3, 0.4) is 0 Å². The van der Waals surface area contributed by atoms with Gasteiger partial charge < -0.3 is 0 Å². The Labute approximate surface area is 104 Å². The zero-order valence-corrected chi connectivity index (χ0v) is 10.4. The predicted molar refractivity (Wildman–Crippen MR) is 73.8 cm³/mol. The smallest absolute Gasteiger partial charge is 0.0285 e. The van der Waals surface area contributed by atoms with Gasteiger partial charge >= 0.3 is 0 Å². The van der Waals surface area contributed by atoms with Crippen molar-refractivity contribution in [3.63, 3.8) is 0 Å². The van der Waals surface area contributed by atoms with Gasteiger partial charge in [0, 0.05) is 18.6 Å². The second-order valence-corrected chi connectivity index (χ2v) is 4.69. The normalized spacial score (nSPS) is 25.4. The van der Waals surface area contributed by atoms with Crippen molar-refractivity contribution < 1.29 is 0 Å². The standard InChI is InChI=1S/C16H21N/c1-3-15-11-8-12-16(4-2)17(15)13-14-9-6-5-7-10-14/h3-7,9-10,15-16H,1-2,8,11-13H2. The van der Waals surface area contributed by atoms with Gasteiger partial charge in [-0.1, -0.05) is 42.5 Å². The molecular weight excluding hydrogens is 206 g/mol. The maximum absolute atomic E-state index is 3.97. The highest BCUT2D eigenvalue weighted by Gasteiger charge is 2.26. The fraction of sp³-hybridized carbons (Fsp3) is 0.375. The number of likely N-dealkylation sites (tertiary alicyclic amines) is 1. The summed E-state index contributed by atoms with van der Waals surface area (Å²) in [7, 11) is 0. The van der Waals surface area contributed by atoms with Gasteiger partial charge in [0.2, 0.25) is 0 Å². The zero-order valence-electron chi connectivity index (χ0n) is 10.4. The molecule has 1 aliphatic heterocycles. The number of benzene rings is 1. The van der Waals surface area contributed by atoms with Crippen molar-refractivity contribution in [1.82, 2.24) is 4.90 Å². The van der Waals surface area contributed by atoms with E-state index < -0.39 is 0 Å². The van der Waals surface area contributed by atoms with Crippen molar-refractivity contribution in [3.8, 4) is 0 Å². The van der Waals surface area contributed by atoms with E-state index in [9.17, 15) is 0 Å². The number of hydrogen-bond acceptors (Lipinski definition) is 1. The van der Waals surface area contributed by atoms with Gasteiger partial charge in [0.05, 0.1) is 0 Å². The third kappa shape index (κ3) is 2.86. The highest BCUT2D eigenvalue weighted by atomic mass is 15.2. The maximum Gasteiger partial charge on any atom is 0.0285 e. The van der Waals surface area contributed by atoms with Crippen molar-refractivity contribution in [2.45, 2.75) is 37.9 Å². The largest absolute Gasteiger partial charge is 0.286 e. The molecule has 2 rings (SSSR count). The van der Waals surface area contributed by atoms with Crippen LogP contribution in [-0.2, 0) is 6.54 Å². The van der Waals surface area contributed by atoms with Gasteiger partial charge in [-0.05, 0) is 24.8 Å². The monoisotopic (exact) mass is 227 g/mol. The summed E-state index contributed by atoms with van der Waals surface area (Å²) in [5, 5.41) is 0. The van der Waals surface area contributed by atoms with Crippen molar-refractivity contribution in [2.75, 3.05) is 0 Å². The molecule has 2 unspecified atom stereocenters. The Balaban J connectivity index is 2.13. The van der Waals surface area contributed by atoms with E-state index in [0.717, 1.165) is 6.54 Å². The minimum Gasteiger partial charge on any atom is -0.286 e. The Morgan fingerprint density at radius 3 is 2.18 bits per heavy atom. The molecular formula is C16H21N. The summed E-state index contributed by atoms with van der Waals surface area (Å²) >= 11 is 0. The van der Waals surface area contributed by atoms with Crippen LogP contribution in [0.5, 0.6) is 0 Å². The molecule has 0 aliphatic carbocycles. The lowest BCUT2D eigenvalue weighted by molar-refractivity contribution is 0.128. The first-order valence-electron chi connectivity index (χ1n) is 6.40. The Hall–Kier alpha value is -1.34. The second kappa shape index (κ2) is 5.83. The number of rotatable bonds is 4. The fourth-order valence-corrected chi connectivity index (χ4v) is 2.65. The van der Waals surface area contributed by atoms with Crippen LogP contribution in [0.2, 0.25) is 0 Å². The van der Waals surface area contributed by atoms with E-state index >= 15 is 0 Å². The van der Waals surface area contributed by atoms with Crippen LogP contribution in [0.1, 0.15) is 24.8 Å². The van der Waals surface area contributed by atoms with Gasteiger partial charge in [-0.25, -0.2) is 0 Å². The Morgan fingerprint density at radius 1 is 1.06 bits per heavy atom. The van der Waals surface area contributed by atoms with Gasteiger partial charge in [-0.3, -0.25) is 4.90 Å².